The number of hydrogen-bond donors (Lipinski definition) is 2. The maximum absolute atomic E-state index is 14.2. The van der Waals surface area contributed by atoms with Gasteiger partial charge < -0.3 is 20.4 Å². The van der Waals surface area contributed by atoms with Crippen LogP contribution in [0.15, 0.2) is 30.3 Å². The maximum atomic E-state index is 14.2. The number of rotatable bonds is 5. The van der Waals surface area contributed by atoms with E-state index in [2.05, 4.69) is 10.6 Å². The van der Waals surface area contributed by atoms with Crippen molar-refractivity contribution in [3.63, 3.8) is 0 Å². The lowest BCUT2D eigenvalue weighted by molar-refractivity contribution is 0.0840. The van der Waals surface area contributed by atoms with Gasteiger partial charge in [-0.2, -0.15) is 0 Å². The fraction of sp³-hybridized carbons (Fsp3) is 0.464. The summed E-state index contributed by atoms with van der Waals surface area (Å²) < 4.78 is 22.2. The minimum atomic E-state index is -0.185. The maximum Gasteiger partial charge on any atom is 0.126 e. The molecule has 1 aliphatic carbocycles. The summed E-state index contributed by atoms with van der Waals surface area (Å²) in [6.07, 6.45) is 10.9. The topological polar surface area (TPSA) is 64.0 Å². The predicted molar refractivity (Wildman–Crippen MR) is 133 cm³/mol. The molecule has 3 aromatic rings. The lowest BCUT2D eigenvalue weighted by Gasteiger charge is -2.27. The number of anilines is 1. The Balaban J connectivity index is 1.78. The molecule has 0 spiro atoms. The van der Waals surface area contributed by atoms with E-state index in [1.54, 1.807) is 6.07 Å². The molecule has 0 bridgehead atoms. The van der Waals surface area contributed by atoms with Crippen LogP contribution < -0.4 is 5.73 Å². The summed E-state index contributed by atoms with van der Waals surface area (Å²) in [6, 6.07) is 9.52. The quantitative estimate of drug-likeness (QED) is 0.339. The van der Waals surface area contributed by atoms with Gasteiger partial charge in [0.2, 0.25) is 0 Å². The van der Waals surface area contributed by atoms with E-state index in [4.69, 9.17) is 15.9 Å². The second-order valence-corrected chi connectivity index (χ2v) is 9.87. The predicted octanol–water partition coefficient (Wildman–Crippen LogP) is 6.67. The van der Waals surface area contributed by atoms with Crippen molar-refractivity contribution in [2.45, 2.75) is 64.2 Å². The number of halogens is 1. The minimum Gasteiger partial charge on any atom is -0.398 e. The molecule has 1 aromatic heterocycles. The lowest BCUT2D eigenvalue weighted by atomic mass is 9.82. The average molecular weight is 448 g/mol. The fourth-order valence-corrected chi connectivity index (χ4v) is 5.92. The van der Waals surface area contributed by atoms with E-state index in [1.807, 2.05) is 25.1 Å². The van der Waals surface area contributed by atoms with Gasteiger partial charge in [-0.15, -0.1) is 0 Å². The highest BCUT2D eigenvalue weighted by Crippen LogP contribution is 2.42. The van der Waals surface area contributed by atoms with Crippen molar-refractivity contribution >= 4 is 22.8 Å². The Morgan fingerprint density at radius 1 is 1.09 bits per heavy atom. The van der Waals surface area contributed by atoms with Crippen molar-refractivity contribution in [1.29, 1.82) is 5.41 Å². The molecule has 3 N–H and O–H groups in total. The van der Waals surface area contributed by atoms with Crippen molar-refractivity contribution in [2.75, 3.05) is 18.9 Å². The number of nitrogens with zero attached hydrogens (tertiary/aromatic N) is 1. The van der Waals surface area contributed by atoms with E-state index in [0.29, 0.717) is 23.1 Å². The zero-order chi connectivity index (χ0) is 22.9. The smallest absolute Gasteiger partial charge is 0.126 e. The molecule has 0 radical (unpaired) electrons. The van der Waals surface area contributed by atoms with Crippen LogP contribution >= 0.6 is 0 Å². The van der Waals surface area contributed by atoms with E-state index >= 15 is 0 Å². The molecule has 0 amide bonds. The first-order chi connectivity index (χ1) is 16.1. The highest BCUT2D eigenvalue weighted by molar-refractivity contribution is 5.97. The van der Waals surface area contributed by atoms with E-state index in [9.17, 15) is 4.39 Å². The molecule has 2 fully saturated rings. The van der Waals surface area contributed by atoms with Crippen LogP contribution in [0, 0.1) is 24.1 Å². The Bertz CT molecular complexity index is 1170. The first-order valence-electron chi connectivity index (χ1n) is 12.4. The van der Waals surface area contributed by atoms with Gasteiger partial charge in [0.05, 0.1) is 5.52 Å². The van der Waals surface area contributed by atoms with Crippen molar-refractivity contribution in [3.05, 3.63) is 58.5 Å². The number of nitrogens with two attached hydrogens (primary N) is 1. The molecule has 2 aromatic carbocycles. The van der Waals surface area contributed by atoms with E-state index in [1.165, 1.54) is 55.0 Å². The molecular formula is C28H34FN3O. The number of nitrogen functional groups attached to an aromatic ring is 1. The van der Waals surface area contributed by atoms with Gasteiger partial charge in [0.25, 0.3) is 0 Å². The molecule has 174 valence electrons. The lowest BCUT2D eigenvalue weighted by Crippen LogP contribution is -2.19. The van der Waals surface area contributed by atoms with Crippen LogP contribution in [0.2, 0.25) is 0 Å². The van der Waals surface area contributed by atoms with Gasteiger partial charge in [-0.05, 0) is 73.6 Å². The molecular weight excluding hydrogens is 413 g/mol. The number of benzene rings is 2. The normalized spacial score (nSPS) is 18.1. The molecule has 2 aliphatic rings. The van der Waals surface area contributed by atoms with E-state index < -0.39 is 0 Å². The number of aryl methyl sites for hydroxylation is 1. The summed E-state index contributed by atoms with van der Waals surface area (Å²) in [5.74, 6) is 0.893. The number of nitrogens with one attached hydrogen (secondary N) is 1. The van der Waals surface area contributed by atoms with Gasteiger partial charge in [-0.25, -0.2) is 4.39 Å². The van der Waals surface area contributed by atoms with Crippen LogP contribution in [0.3, 0.4) is 0 Å². The second kappa shape index (κ2) is 9.30. The molecule has 1 saturated carbocycles. The molecule has 2 heterocycles. The van der Waals surface area contributed by atoms with Crippen molar-refractivity contribution in [1.82, 2.24) is 4.57 Å². The molecule has 0 unspecified atom stereocenters. The van der Waals surface area contributed by atoms with Crippen LogP contribution in [0.25, 0.3) is 16.6 Å². The minimum absolute atomic E-state index is 0.185. The summed E-state index contributed by atoms with van der Waals surface area (Å²) in [6.45, 7) is 3.36. The van der Waals surface area contributed by atoms with Crippen molar-refractivity contribution in [3.8, 4) is 5.69 Å². The third kappa shape index (κ3) is 4.19. The zero-order valence-corrected chi connectivity index (χ0v) is 19.5. The Kier molecular flexibility index (Phi) is 6.24. The third-order valence-corrected chi connectivity index (χ3v) is 7.70. The number of hydrogen-bond acceptors (Lipinski definition) is 3. The summed E-state index contributed by atoms with van der Waals surface area (Å²) in [5, 5.41) is 9.07. The Hall–Kier alpha value is -2.66. The SMILES string of the molecule is Cc1cc(-n2c(C3CCOCC3)c(CC3CCCCC3)c3cc(N)c(C=N)cc32)ccc1F. The van der Waals surface area contributed by atoms with Crippen LogP contribution in [0.1, 0.15) is 73.2 Å². The summed E-state index contributed by atoms with van der Waals surface area (Å²) >= 11 is 0. The molecule has 4 nitrogen and oxygen atoms in total. The van der Waals surface area contributed by atoms with E-state index in [0.717, 1.165) is 49.2 Å². The van der Waals surface area contributed by atoms with Crippen LogP contribution in [-0.2, 0) is 11.2 Å². The number of ether oxygens (including phenoxy) is 1. The van der Waals surface area contributed by atoms with Gasteiger partial charge in [-0.1, -0.05) is 32.1 Å². The van der Waals surface area contributed by atoms with Crippen LogP contribution in [0.4, 0.5) is 10.1 Å². The van der Waals surface area contributed by atoms with Crippen LogP contribution in [-0.4, -0.2) is 24.0 Å². The standard InChI is InChI=1S/C28H34FN3O/c1-18-13-22(7-8-25(18)29)32-27-15-21(17-30)26(31)16-23(27)24(14-19-5-3-2-4-6-19)28(32)20-9-11-33-12-10-20/h7-8,13,15-17,19-20,30H,2-6,9-12,14,31H2,1H3. The summed E-state index contributed by atoms with van der Waals surface area (Å²) in [5.41, 5.74) is 13.2. The van der Waals surface area contributed by atoms with Gasteiger partial charge in [0.15, 0.2) is 0 Å². The third-order valence-electron chi connectivity index (χ3n) is 7.70. The van der Waals surface area contributed by atoms with Gasteiger partial charge in [-0.3, -0.25) is 0 Å². The second-order valence-electron chi connectivity index (χ2n) is 9.87. The number of fused-ring (bicyclic) bond motifs is 1. The average Bonchev–Trinajstić information content (AvgIpc) is 3.14. The molecule has 5 heteroatoms. The van der Waals surface area contributed by atoms with Crippen molar-refractivity contribution in [2.24, 2.45) is 5.92 Å². The summed E-state index contributed by atoms with van der Waals surface area (Å²) in [4.78, 5) is 0. The van der Waals surface area contributed by atoms with Gasteiger partial charge in [0.1, 0.15) is 5.82 Å². The molecule has 0 atom stereocenters. The Labute approximate surface area is 195 Å². The highest BCUT2D eigenvalue weighted by Gasteiger charge is 2.29. The molecule has 1 aliphatic heterocycles. The van der Waals surface area contributed by atoms with Gasteiger partial charge >= 0.3 is 0 Å². The first-order valence-corrected chi connectivity index (χ1v) is 12.4. The van der Waals surface area contributed by atoms with E-state index in [-0.39, 0.29) is 5.82 Å². The zero-order valence-electron chi connectivity index (χ0n) is 19.5. The van der Waals surface area contributed by atoms with Crippen LogP contribution in [0.5, 0.6) is 0 Å². The molecule has 5 rings (SSSR count). The molecule has 1 saturated heterocycles. The van der Waals surface area contributed by atoms with Crippen molar-refractivity contribution < 1.29 is 9.13 Å². The Morgan fingerprint density at radius 3 is 2.55 bits per heavy atom. The Morgan fingerprint density at radius 2 is 1.85 bits per heavy atom. The first kappa shape index (κ1) is 22.1. The number of aromatic nitrogens is 1. The monoisotopic (exact) mass is 447 g/mol. The summed E-state index contributed by atoms with van der Waals surface area (Å²) in [7, 11) is 0. The largest absolute Gasteiger partial charge is 0.398 e. The highest BCUT2D eigenvalue weighted by atomic mass is 19.1. The molecule has 33 heavy (non-hydrogen) atoms. The fourth-order valence-electron chi connectivity index (χ4n) is 5.92. The van der Waals surface area contributed by atoms with Gasteiger partial charge in [0, 0.05) is 53.4 Å².